The first-order chi connectivity index (χ1) is 10.4. The zero-order valence-corrected chi connectivity index (χ0v) is 17.7. The number of hydrogen-bond donors (Lipinski definition) is 0. The molecule has 0 aliphatic carbocycles. The Hall–Kier alpha value is 0.300. The third kappa shape index (κ3) is 7.81. The Morgan fingerprint density at radius 1 is 0.609 bits per heavy atom. The van der Waals surface area contributed by atoms with Crippen molar-refractivity contribution in [3.8, 4) is 0 Å². The van der Waals surface area contributed by atoms with Crippen LogP contribution in [0.15, 0.2) is 0 Å². The molecule has 0 rings (SSSR count). The number of rotatable bonds is 11. The highest BCUT2D eigenvalue weighted by Crippen LogP contribution is 2.72. The average molecular weight is 372 g/mol. The summed E-state index contributed by atoms with van der Waals surface area (Å²) in [5.74, 6) is 0. The Morgan fingerprint density at radius 3 is 0.957 bits per heavy atom. The Bertz CT molecular complexity index is 368. The molecule has 0 aromatic rings. The van der Waals surface area contributed by atoms with Crippen LogP contribution in [0.5, 0.6) is 0 Å². The van der Waals surface area contributed by atoms with Gasteiger partial charge in [-0.3, -0.25) is 9.13 Å². The number of hydrogen-bond acceptors (Lipinski definition) is 6. The van der Waals surface area contributed by atoms with Crippen LogP contribution in [0.3, 0.4) is 0 Å². The molecule has 8 heteroatoms. The van der Waals surface area contributed by atoms with E-state index in [0.717, 1.165) is 0 Å². The summed E-state index contributed by atoms with van der Waals surface area (Å²) in [6, 6.07) is 0. The zero-order chi connectivity index (χ0) is 18.4. The molecule has 0 N–H and O–H groups in total. The molecule has 0 saturated carbocycles. The Labute approximate surface area is 141 Å². The molecule has 0 atom stereocenters. The lowest BCUT2D eigenvalue weighted by Crippen LogP contribution is -2.23. The first-order valence-corrected chi connectivity index (χ1v) is 11.5. The summed E-state index contributed by atoms with van der Waals surface area (Å²) in [5, 5.41) is -0.954. The van der Waals surface area contributed by atoms with E-state index in [9.17, 15) is 9.13 Å². The van der Waals surface area contributed by atoms with Gasteiger partial charge in [-0.25, -0.2) is 0 Å². The maximum atomic E-state index is 13.4. The molecule has 0 fully saturated rings. The Morgan fingerprint density at radius 2 is 0.826 bits per heavy atom. The van der Waals surface area contributed by atoms with Crippen LogP contribution < -0.4 is 0 Å². The topological polar surface area (TPSA) is 71.1 Å². The van der Waals surface area contributed by atoms with E-state index in [2.05, 4.69) is 0 Å². The van der Waals surface area contributed by atoms with Crippen LogP contribution in [-0.2, 0) is 27.2 Å². The van der Waals surface area contributed by atoms with Crippen molar-refractivity contribution in [2.24, 2.45) is 0 Å². The smallest absolute Gasteiger partial charge is 0.305 e. The molecule has 0 aromatic carbocycles. The van der Waals surface area contributed by atoms with Crippen LogP contribution >= 0.6 is 15.2 Å². The maximum absolute atomic E-state index is 13.4. The first-order valence-electron chi connectivity index (χ1n) is 8.29. The largest absolute Gasteiger partial charge is 0.346 e. The van der Waals surface area contributed by atoms with Gasteiger partial charge < -0.3 is 18.1 Å². The summed E-state index contributed by atoms with van der Waals surface area (Å²) in [6.45, 7) is 15.9. The van der Waals surface area contributed by atoms with Crippen molar-refractivity contribution in [2.75, 3.05) is 0 Å². The van der Waals surface area contributed by atoms with Crippen molar-refractivity contribution in [1.29, 1.82) is 0 Å². The second-order valence-electron chi connectivity index (χ2n) is 6.59. The summed E-state index contributed by atoms with van der Waals surface area (Å²) in [7, 11) is -7.38. The van der Waals surface area contributed by atoms with Crippen LogP contribution in [0.25, 0.3) is 0 Å². The molecular weight excluding hydrogens is 338 g/mol. The normalized spacial score (nSPS) is 14.0. The minimum atomic E-state index is -3.69. The highest BCUT2D eigenvalue weighted by molar-refractivity contribution is 7.72. The van der Waals surface area contributed by atoms with Crippen LogP contribution in [0.4, 0.5) is 0 Å². The second-order valence-corrected chi connectivity index (χ2v) is 11.2. The van der Waals surface area contributed by atoms with E-state index in [1.807, 2.05) is 0 Å². The third-order valence-corrected chi connectivity index (χ3v) is 9.28. The second kappa shape index (κ2) is 9.70. The molecule has 0 radical (unpaired) electrons. The molecule has 0 aliphatic heterocycles. The van der Waals surface area contributed by atoms with Crippen molar-refractivity contribution in [2.45, 2.75) is 98.6 Å². The van der Waals surface area contributed by atoms with Crippen LogP contribution in [0, 0.1) is 0 Å². The van der Waals surface area contributed by atoms with Crippen molar-refractivity contribution < 1.29 is 27.2 Å². The van der Waals surface area contributed by atoms with Gasteiger partial charge in [-0.15, -0.1) is 0 Å². The van der Waals surface area contributed by atoms with Gasteiger partial charge in [0.25, 0.3) is 0 Å². The maximum Gasteiger partial charge on any atom is 0.346 e. The monoisotopic (exact) mass is 372 g/mol. The van der Waals surface area contributed by atoms with E-state index in [4.69, 9.17) is 18.1 Å². The van der Waals surface area contributed by atoms with Gasteiger partial charge in [-0.1, -0.05) is 6.92 Å². The first kappa shape index (κ1) is 23.3. The highest BCUT2D eigenvalue weighted by atomic mass is 31.2. The molecule has 0 aromatic heterocycles. The summed E-state index contributed by atoms with van der Waals surface area (Å²) >= 11 is 0. The molecule has 6 nitrogen and oxygen atoms in total. The van der Waals surface area contributed by atoms with Gasteiger partial charge in [0.05, 0.1) is 24.4 Å². The minimum Gasteiger partial charge on any atom is -0.305 e. The van der Waals surface area contributed by atoms with Gasteiger partial charge in [-0.2, -0.15) is 0 Å². The van der Waals surface area contributed by atoms with Gasteiger partial charge in [0, 0.05) is 0 Å². The fourth-order valence-electron chi connectivity index (χ4n) is 2.13. The Kier molecular flexibility index (Phi) is 9.82. The molecule has 0 aliphatic rings. The Balaban J connectivity index is 5.88. The quantitative estimate of drug-likeness (QED) is 0.426. The van der Waals surface area contributed by atoms with E-state index in [1.54, 1.807) is 62.3 Å². The van der Waals surface area contributed by atoms with Crippen LogP contribution in [0.1, 0.15) is 68.7 Å². The van der Waals surface area contributed by atoms with Crippen molar-refractivity contribution in [3.05, 3.63) is 0 Å². The fraction of sp³-hybridized carbons (Fsp3) is 1.00. The molecule has 140 valence electrons. The summed E-state index contributed by atoms with van der Waals surface area (Å²) in [4.78, 5) is 0. The minimum absolute atomic E-state index is 0.299. The summed E-state index contributed by atoms with van der Waals surface area (Å²) in [5.41, 5.74) is 0. The summed E-state index contributed by atoms with van der Waals surface area (Å²) in [6.07, 6.45) is -1.03. The van der Waals surface area contributed by atoms with Crippen LogP contribution in [0.2, 0.25) is 0 Å². The lowest BCUT2D eigenvalue weighted by atomic mass is 10.5. The summed E-state index contributed by atoms with van der Waals surface area (Å²) < 4.78 is 49.2. The molecular formula is C15H34O6P2. The van der Waals surface area contributed by atoms with Crippen molar-refractivity contribution in [3.63, 3.8) is 0 Å². The predicted octanol–water partition coefficient (Wildman–Crippen LogP) is 5.81. The van der Waals surface area contributed by atoms with Crippen molar-refractivity contribution in [1.82, 2.24) is 0 Å². The molecule has 23 heavy (non-hydrogen) atoms. The van der Waals surface area contributed by atoms with Gasteiger partial charge in [-0.05, 0) is 61.8 Å². The van der Waals surface area contributed by atoms with Gasteiger partial charge in [0.2, 0.25) is 0 Å². The van der Waals surface area contributed by atoms with Crippen LogP contribution in [-0.4, -0.2) is 29.8 Å². The highest BCUT2D eigenvalue weighted by Gasteiger charge is 2.51. The molecule has 0 spiro atoms. The standard InChI is InChI=1S/C15H34O6P2/c1-10-15(22(16,18-11(2)3)19-12(4)5)23(17,20-13(6)7)21-14(8)9/h11-15H,10H2,1-9H3. The lowest BCUT2D eigenvalue weighted by molar-refractivity contribution is 0.122. The lowest BCUT2D eigenvalue weighted by Gasteiger charge is -2.34. The molecule has 0 bridgehead atoms. The van der Waals surface area contributed by atoms with E-state index >= 15 is 0 Å². The van der Waals surface area contributed by atoms with E-state index in [-0.39, 0.29) is 24.4 Å². The fourth-order valence-corrected chi connectivity index (χ4v) is 8.07. The SMILES string of the molecule is CCC(P(=O)(OC(C)C)OC(C)C)P(=O)(OC(C)C)OC(C)C. The van der Waals surface area contributed by atoms with E-state index in [0.29, 0.717) is 6.42 Å². The van der Waals surface area contributed by atoms with Crippen molar-refractivity contribution >= 4 is 15.2 Å². The molecule has 0 unspecified atom stereocenters. The van der Waals surface area contributed by atoms with Gasteiger partial charge >= 0.3 is 15.2 Å². The van der Waals surface area contributed by atoms with Gasteiger partial charge in [0.15, 0.2) is 5.40 Å². The van der Waals surface area contributed by atoms with Gasteiger partial charge in [0.1, 0.15) is 0 Å². The molecule has 0 saturated heterocycles. The zero-order valence-electron chi connectivity index (χ0n) is 15.9. The molecule has 0 amide bonds. The predicted molar refractivity (Wildman–Crippen MR) is 94.2 cm³/mol. The average Bonchev–Trinajstić information content (AvgIpc) is 2.22. The third-order valence-electron chi connectivity index (χ3n) is 2.53. The molecule has 0 heterocycles. The van der Waals surface area contributed by atoms with E-state index in [1.165, 1.54) is 0 Å². The van der Waals surface area contributed by atoms with E-state index < -0.39 is 20.6 Å².